The molecule has 0 N–H and O–H groups in total. The van der Waals surface area contributed by atoms with Gasteiger partial charge in [-0.25, -0.2) is 0 Å². The van der Waals surface area contributed by atoms with Gasteiger partial charge in [-0.15, -0.1) is 0 Å². The molecule has 0 bridgehead atoms. The predicted molar refractivity (Wildman–Crippen MR) is 129 cm³/mol. The molecule has 208 valence electrons. The maximum absolute atomic E-state index is 12.1. The molecule has 1 unspecified atom stereocenters. The summed E-state index contributed by atoms with van der Waals surface area (Å²) in [6.45, 7) is 6.44. The minimum absolute atomic E-state index is 0. The van der Waals surface area contributed by atoms with E-state index in [1.54, 1.807) is 6.08 Å². The Morgan fingerprint density at radius 1 is 0.889 bits per heavy atom. The third-order valence-electron chi connectivity index (χ3n) is 6.35. The first-order chi connectivity index (χ1) is 16.5. The van der Waals surface area contributed by atoms with Crippen molar-refractivity contribution in [3.05, 3.63) is 24.3 Å². The van der Waals surface area contributed by atoms with E-state index < -0.39 is 35.3 Å². The van der Waals surface area contributed by atoms with Gasteiger partial charge in [-0.3, -0.25) is 14.4 Å². The number of allylic oxidation sites excluding steroid dienone is 3. The van der Waals surface area contributed by atoms with E-state index in [0.29, 0.717) is 11.8 Å². The second kappa shape index (κ2) is 16.8. The summed E-state index contributed by atoms with van der Waals surface area (Å²) in [5.41, 5.74) is -2.04. The minimum Gasteiger partial charge on any atom is -0.542 e. The Bertz CT molecular complexity index is 775. The van der Waals surface area contributed by atoms with Crippen LogP contribution < -0.4 is 5.11 Å². The summed E-state index contributed by atoms with van der Waals surface area (Å²) < 4.78 is 15.2. The summed E-state index contributed by atoms with van der Waals surface area (Å²) in [6, 6.07) is 0. The maximum Gasteiger partial charge on any atom is 1.00 e. The van der Waals surface area contributed by atoms with Crippen LogP contribution in [0.4, 0.5) is 0 Å². The first-order valence-electron chi connectivity index (χ1n) is 12.6. The van der Waals surface area contributed by atoms with E-state index in [-0.39, 0.29) is 28.8 Å². The Kier molecular flexibility index (Phi) is 15.9. The van der Waals surface area contributed by atoms with Crippen LogP contribution in [0.3, 0.4) is 0 Å². The Labute approximate surface area is 230 Å². The molecule has 3 atom stereocenters. The van der Waals surface area contributed by atoms with Gasteiger partial charge in [0, 0.05) is 27.2 Å². The van der Waals surface area contributed by atoms with E-state index in [1.165, 1.54) is 32.6 Å². The molecule has 36 heavy (non-hydrogen) atoms. The van der Waals surface area contributed by atoms with Crippen LogP contribution in [-0.2, 0) is 55.8 Å². The van der Waals surface area contributed by atoms with Crippen molar-refractivity contribution >= 4 is 23.9 Å². The van der Waals surface area contributed by atoms with Crippen LogP contribution in [0.1, 0.15) is 98.8 Å². The number of aliphatic carboxylic acids is 1. The number of hydrogen-bond donors (Lipinski definition) is 0. The number of carboxylic acids is 1. The Morgan fingerprint density at radius 3 is 2.03 bits per heavy atom. The molecule has 0 aromatic heterocycles. The zero-order valence-corrected chi connectivity index (χ0v) is 23.6. The zero-order valence-electron chi connectivity index (χ0n) is 22.1. The number of esters is 3. The first-order valence-corrected chi connectivity index (χ1v) is 12.6. The molecule has 1 rings (SSSR count). The molecule has 0 saturated heterocycles. The van der Waals surface area contributed by atoms with Crippen LogP contribution in [0, 0.1) is 11.8 Å². The topological polar surface area (TPSA) is 119 Å². The second-order valence-corrected chi connectivity index (χ2v) is 9.46. The summed E-state index contributed by atoms with van der Waals surface area (Å²) in [5, 5.41) is 12.1. The van der Waals surface area contributed by atoms with E-state index in [0.717, 1.165) is 52.9 Å². The molecule has 0 amide bonds. The molecule has 1 aliphatic carbocycles. The van der Waals surface area contributed by atoms with Gasteiger partial charge in [0.2, 0.25) is 0 Å². The molecule has 1 fully saturated rings. The molecule has 8 nitrogen and oxygen atoms in total. The number of carbonyl (C=O) groups excluding carboxylic acids is 4. The predicted octanol–water partition coefficient (Wildman–Crippen LogP) is 4.16. The number of ether oxygens (including phenoxy) is 3. The van der Waals surface area contributed by atoms with Crippen LogP contribution in [0.2, 0.25) is 0 Å². The van der Waals surface area contributed by atoms with Crippen molar-refractivity contribution in [2.24, 2.45) is 11.8 Å². The van der Waals surface area contributed by atoms with Crippen LogP contribution in [0.5, 0.6) is 0 Å². The van der Waals surface area contributed by atoms with Crippen molar-refractivity contribution in [2.75, 3.05) is 0 Å². The molecule has 0 aromatic rings. The van der Waals surface area contributed by atoms with Crippen LogP contribution in [0.15, 0.2) is 24.3 Å². The number of unbranched alkanes of at least 4 members (excludes halogenated alkanes) is 4. The molecule has 0 spiro atoms. The van der Waals surface area contributed by atoms with Gasteiger partial charge in [0.05, 0.1) is 0 Å². The first kappa shape index (κ1) is 34.1. The van der Waals surface area contributed by atoms with Gasteiger partial charge in [-0.1, -0.05) is 56.9 Å². The van der Waals surface area contributed by atoms with Crippen LogP contribution >= 0.6 is 0 Å². The van der Waals surface area contributed by atoms with Gasteiger partial charge in [0.1, 0.15) is 5.97 Å². The van der Waals surface area contributed by atoms with Crippen LogP contribution in [0.25, 0.3) is 0 Å². The summed E-state index contributed by atoms with van der Waals surface area (Å²) in [4.78, 5) is 47.3. The molecular formula is C27H41AgO8. The van der Waals surface area contributed by atoms with Crippen LogP contribution in [-0.4, -0.2) is 35.3 Å². The number of rotatable bonds is 15. The van der Waals surface area contributed by atoms with Gasteiger partial charge in [0.15, 0.2) is 5.60 Å². The monoisotopic (exact) mass is 600 g/mol. The Hall–Kier alpha value is -1.90. The molecule has 1 aliphatic rings. The largest absolute Gasteiger partial charge is 1.00 e. The second-order valence-electron chi connectivity index (χ2n) is 9.46. The van der Waals surface area contributed by atoms with Gasteiger partial charge < -0.3 is 24.1 Å². The fraction of sp³-hybridized carbons (Fsp3) is 0.704. The van der Waals surface area contributed by atoms with Crippen molar-refractivity contribution in [1.82, 2.24) is 0 Å². The molecule has 0 heterocycles. The average Bonchev–Trinajstić information content (AvgIpc) is 3.19. The fourth-order valence-corrected chi connectivity index (χ4v) is 4.65. The number of hydrogen-bond acceptors (Lipinski definition) is 8. The third kappa shape index (κ3) is 10.6. The molecule has 0 aliphatic heterocycles. The standard InChI is InChI=1S/C27H42O8.Ag/c1-6-7-8-9-10-11-15-23-17-14-18-24(23)16-12-13-19-26(5,33-20(2)28)27(25(31)32,34-21(3)29)35-22(4)30;/h11-13,15,23-24H,6-10,14,16-19H2,1-5H3,(H,31,32);/q;+1/p-1/b13-12-,15-11+;/t23-,24-,26?;/m0./s1. The van der Waals surface area contributed by atoms with Gasteiger partial charge >= 0.3 is 46.1 Å². The average molecular weight is 601 g/mol. The minimum atomic E-state index is -2.93. The third-order valence-corrected chi connectivity index (χ3v) is 6.35. The molecule has 0 radical (unpaired) electrons. The molecule has 1 saturated carbocycles. The summed E-state index contributed by atoms with van der Waals surface area (Å²) in [7, 11) is 0. The molecule has 0 aromatic carbocycles. The van der Waals surface area contributed by atoms with E-state index in [4.69, 9.17) is 14.2 Å². The van der Waals surface area contributed by atoms with Crippen molar-refractivity contribution in [1.29, 1.82) is 0 Å². The Balaban J connectivity index is 0.0000122. The quantitative estimate of drug-likeness (QED) is 0.0903. The molecular weight excluding hydrogens is 560 g/mol. The van der Waals surface area contributed by atoms with E-state index >= 15 is 0 Å². The SMILES string of the molecule is CCCCCC/C=C/[C@H]1CCC[C@@H]1C/C=C\CC(C)(OC(C)=O)C(OC(C)=O)(OC(C)=O)C(=O)[O-].[Ag+]. The Morgan fingerprint density at radius 2 is 1.50 bits per heavy atom. The van der Waals surface area contributed by atoms with Gasteiger partial charge in [0.25, 0.3) is 0 Å². The van der Waals surface area contributed by atoms with E-state index in [9.17, 15) is 24.3 Å². The summed E-state index contributed by atoms with van der Waals surface area (Å²) >= 11 is 0. The zero-order chi connectivity index (χ0) is 26.5. The summed E-state index contributed by atoms with van der Waals surface area (Å²) in [5.74, 6) is -6.87. The number of carboxylic acid groups (broad SMARTS) is 1. The van der Waals surface area contributed by atoms with Crippen molar-refractivity contribution in [3.63, 3.8) is 0 Å². The van der Waals surface area contributed by atoms with E-state index in [1.807, 2.05) is 6.08 Å². The smallest absolute Gasteiger partial charge is 0.542 e. The maximum atomic E-state index is 12.1. The number of carbonyl (C=O) groups is 4. The van der Waals surface area contributed by atoms with Crippen molar-refractivity contribution in [3.8, 4) is 0 Å². The summed E-state index contributed by atoms with van der Waals surface area (Å²) in [6.07, 6.45) is 18.2. The van der Waals surface area contributed by atoms with Gasteiger partial charge in [-0.05, 0) is 50.9 Å². The fourth-order valence-electron chi connectivity index (χ4n) is 4.65. The van der Waals surface area contributed by atoms with Crippen molar-refractivity contribution < 1.29 is 60.9 Å². The van der Waals surface area contributed by atoms with E-state index in [2.05, 4.69) is 19.1 Å². The van der Waals surface area contributed by atoms with Gasteiger partial charge in [-0.2, -0.15) is 0 Å². The molecule has 9 heteroatoms. The normalized spacial score (nSPS) is 19.5. The van der Waals surface area contributed by atoms with Crippen molar-refractivity contribution in [2.45, 2.75) is 110 Å².